The molecule has 0 aliphatic carbocycles. The molecule has 0 fully saturated rings. The van der Waals surface area contributed by atoms with E-state index < -0.39 is 0 Å². The van der Waals surface area contributed by atoms with Crippen LogP contribution in [0.3, 0.4) is 0 Å². The van der Waals surface area contributed by atoms with E-state index in [4.69, 9.17) is 9.84 Å². The van der Waals surface area contributed by atoms with Gasteiger partial charge in [0.2, 0.25) is 0 Å². The third-order valence-corrected chi connectivity index (χ3v) is 3.92. The van der Waals surface area contributed by atoms with Crippen molar-refractivity contribution in [3.05, 3.63) is 70.5 Å². The molecule has 1 aromatic heterocycles. The quantitative estimate of drug-likeness (QED) is 0.777. The smallest absolute Gasteiger partial charge is 0.129 e. The molecule has 0 aliphatic rings. The van der Waals surface area contributed by atoms with Crippen LogP contribution in [0, 0.1) is 0 Å². The zero-order valence-corrected chi connectivity index (χ0v) is 12.2. The molecular weight excluding hydrogens is 282 g/mol. The van der Waals surface area contributed by atoms with Gasteiger partial charge in [-0.15, -0.1) is 11.3 Å². The Morgan fingerprint density at radius 2 is 1.76 bits per heavy atom. The summed E-state index contributed by atoms with van der Waals surface area (Å²) in [6.45, 7) is 0.493. The summed E-state index contributed by atoms with van der Waals surface area (Å²) in [6.07, 6.45) is 0. The summed E-state index contributed by atoms with van der Waals surface area (Å²) < 4.78 is 5.92. The van der Waals surface area contributed by atoms with Gasteiger partial charge in [-0.1, -0.05) is 42.5 Å². The number of aliphatic hydroxyl groups excluding tert-OH is 1. The molecule has 0 radical (unpaired) electrons. The highest BCUT2D eigenvalue weighted by atomic mass is 32.1. The molecular formula is C17H15NO2S. The maximum Gasteiger partial charge on any atom is 0.129 e. The van der Waals surface area contributed by atoms with Crippen molar-refractivity contribution in [2.45, 2.75) is 13.2 Å². The average Bonchev–Trinajstić information content (AvgIpc) is 3.03. The summed E-state index contributed by atoms with van der Waals surface area (Å²) in [5.74, 6) is 0.802. The number of aromatic nitrogens is 1. The van der Waals surface area contributed by atoms with E-state index in [1.165, 1.54) is 11.3 Å². The zero-order valence-electron chi connectivity index (χ0n) is 11.4. The lowest BCUT2D eigenvalue weighted by Crippen LogP contribution is -1.96. The topological polar surface area (TPSA) is 42.4 Å². The van der Waals surface area contributed by atoms with Gasteiger partial charge < -0.3 is 9.84 Å². The van der Waals surface area contributed by atoms with Crippen LogP contribution in [0.5, 0.6) is 5.75 Å². The van der Waals surface area contributed by atoms with Crippen LogP contribution >= 0.6 is 11.3 Å². The van der Waals surface area contributed by atoms with E-state index in [2.05, 4.69) is 4.98 Å². The second kappa shape index (κ2) is 6.52. The molecule has 3 rings (SSSR count). The van der Waals surface area contributed by atoms with Gasteiger partial charge in [-0.05, 0) is 17.7 Å². The Morgan fingerprint density at radius 1 is 1.00 bits per heavy atom. The number of thiazole rings is 1. The summed E-state index contributed by atoms with van der Waals surface area (Å²) in [6, 6.07) is 17.9. The fourth-order valence-corrected chi connectivity index (χ4v) is 2.70. The van der Waals surface area contributed by atoms with E-state index in [9.17, 15) is 0 Å². The third-order valence-electron chi connectivity index (χ3n) is 3.09. The first-order valence-electron chi connectivity index (χ1n) is 6.68. The van der Waals surface area contributed by atoms with E-state index in [0.717, 1.165) is 22.6 Å². The van der Waals surface area contributed by atoms with Crippen molar-refractivity contribution in [2.24, 2.45) is 0 Å². The molecule has 1 N–H and O–H groups in total. The average molecular weight is 297 g/mol. The van der Waals surface area contributed by atoms with Gasteiger partial charge in [0, 0.05) is 10.9 Å². The normalized spacial score (nSPS) is 10.5. The Labute approximate surface area is 127 Å². The maximum absolute atomic E-state index is 9.14. The number of para-hydroxylation sites is 1. The van der Waals surface area contributed by atoms with Gasteiger partial charge in [0.1, 0.15) is 17.4 Å². The molecule has 0 aliphatic heterocycles. The lowest BCUT2D eigenvalue weighted by molar-refractivity contribution is 0.281. The van der Waals surface area contributed by atoms with E-state index in [0.29, 0.717) is 11.6 Å². The molecule has 1 heterocycles. The van der Waals surface area contributed by atoms with E-state index in [1.54, 1.807) is 0 Å². The molecule has 3 aromatic rings. The highest BCUT2D eigenvalue weighted by Crippen LogP contribution is 2.31. The highest BCUT2D eigenvalue weighted by Gasteiger charge is 2.09. The first-order valence-corrected chi connectivity index (χ1v) is 7.56. The first-order chi connectivity index (χ1) is 10.4. The van der Waals surface area contributed by atoms with Crippen LogP contribution in [0.1, 0.15) is 10.6 Å². The fraction of sp³-hybridized carbons (Fsp3) is 0.118. The summed E-state index contributed by atoms with van der Waals surface area (Å²) in [4.78, 5) is 4.40. The molecule has 0 unspecified atom stereocenters. The Hall–Kier alpha value is -2.17. The zero-order chi connectivity index (χ0) is 14.5. The summed E-state index contributed by atoms with van der Waals surface area (Å²) in [7, 11) is 0. The van der Waals surface area contributed by atoms with Crippen molar-refractivity contribution < 1.29 is 9.84 Å². The lowest BCUT2D eigenvalue weighted by Gasteiger charge is -2.10. The van der Waals surface area contributed by atoms with E-state index in [1.807, 2.05) is 60.0 Å². The molecule has 0 spiro atoms. The van der Waals surface area contributed by atoms with Crippen molar-refractivity contribution in [3.8, 4) is 17.0 Å². The fourth-order valence-electron chi connectivity index (χ4n) is 2.05. The number of rotatable bonds is 5. The molecule has 4 heteroatoms. The minimum atomic E-state index is -0.0301. The Bertz CT molecular complexity index is 710. The van der Waals surface area contributed by atoms with Crippen LogP contribution in [0.25, 0.3) is 11.3 Å². The molecule has 21 heavy (non-hydrogen) atoms. The predicted octanol–water partition coefficient (Wildman–Crippen LogP) is 3.88. The standard InChI is InChI=1S/C17H15NO2S/c19-10-17-18-15(12-21-17)14-8-4-5-9-16(14)20-11-13-6-2-1-3-7-13/h1-9,12,19H,10-11H2. The van der Waals surface area contributed by atoms with Crippen LogP contribution < -0.4 is 4.74 Å². The van der Waals surface area contributed by atoms with Crippen molar-refractivity contribution in [1.82, 2.24) is 4.98 Å². The van der Waals surface area contributed by atoms with Crippen LogP contribution in [-0.2, 0) is 13.2 Å². The van der Waals surface area contributed by atoms with Gasteiger partial charge in [0.25, 0.3) is 0 Å². The highest BCUT2D eigenvalue weighted by molar-refractivity contribution is 7.09. The van der Waals surface area contributed by atoms with Crippen LogP contribution in [0.2, 0.25) is 0 Å². The van der Waals surface area contributed by atoms with Crippen LogP contribution in [0.15, 0.2) is 60.0 Å². The van der Waals surface area contributed by atoms with E-state index >= 15 is 0 Å². The molecule has 0 bridgehead atoms. The van der Waals surface area contributed by atoms with Crippen molar-refractivity contribution >= 4 is 11.3 Å². The molecule has 0 atom stereocenters. The molecule has 0 saturated carbocycles. The van der Waals surface area contributed by atoms with Gasteiger partial charge in [0.05, 0.1) is 12.3 Å². The molecule has 2 aromatic carbocycles. The van der Waals surface area contributed by atoms with Crippen molar-refractivity contribution in [3.63, 3.8) is 0 Å². The van der Waals surface area contributed by atoms with Gasteiger partial charge in [-0.2, -0.15) is 0 Å². The number of hydrogen-bond acceptors (Lipinski definition) is 4. The number of ether oxygens (including phenoxy) is 1. The molecule has 106 valence electrons. The monoisotopic (exact) mass is 297 g/mol. The summed E-state index contributed by atoms with van der Waals surface area (Å²) in [5, 5.41) is 11.8. The molecule has 0 saturated heterocycles. The second-order valence-electron chi connectivity index (χ2n) is 4.56. The Morgan fingerprint density at radius 3 is 2.52 bits per heavy atom. The van der Waals surface area contributed by atoms with Gasteiger partial charge in [0.15, 0.2) is 0 Å². The number of nitrogens with zero attached hydrogens (tertiary/aromatic N) is 1. The maximum atomic E-state index is 9.14. The van der Waals surface area contributed by atoms with Crippen LogP contribution in [0.4, 0.5) is 0 Å². The van der Waals surface area contributed by atoms with Gasteiger partial charge in [-0.3, -0.25) is 0 Å². The molecule has 0 amide bonds. The predicted molar refractivity (Wildman–Crippen MR) is 84.2 cm³/mol. The minimum absolute atomic E-state index is 0.0301. The first kappa shape index (κ1) is 13.8. The third kappa shape index (κ3) is 3.29. The van der Waals surface area contributed by atoms with Crippen LogP contribution in [-0.4, -0.2) is 10.1 Å². The SMILES string of the molecule is OCc1nc(-c2ccccc2OCc2ccccc2)cs1. The van der Waals surface area contributed by atoms with Gasteiger partial charge in [-0.25, -0.2) is 4.98 Å². The molecule has 3 nitrogen and oxygen atoms in total. The van der Waals surface area contributed by atoms with Gasteiger partial charge >= 0.3 is 0 Å². The number of aliphatic hydroxyl groups is 1. The summed E-state index contributed by atoms with van der Waals surface area (Å²) in [5.41, 5.74) is 2.92. The summed E-state index contributed by atoms with van der Waals surface area (Å²) >= 11 is 1.45. The second-order valence-corrected chi connectivity index (χ2v) is 5.50. The Balaban J connectivity index is 1.82. The van der Waals surface area contributed by atoms with Crippen molar-refractivity contribution in [2.75, 3.05) is 0 Å². The van der Waals surface area contributed by atoms with Crippen molar-refractivity contribution in [1.29, 1.82) is 0 Å². The number of benzene rings is 2. The Kier molecular flexibility index (Phi) is 4.28. The minimum Gasteiger partial charge on any atom is -0.488 e. The number of hydrogen-bond donors (Lipinski definition) is 1. The van der Waals surface area contributed by atoms with E-state index in [-0.39, 0.29) is 6.61 Å². The largest absolute Gasteiger partial charge is 0.488 e. The lowest BCUT2D eigenvalue weighted by atomic mass is 10.1.